The summed E-state index contributed by atoms with van der Waals surface area (Å²) in [6.07, 6.45) is 1.10. The molecular formula is C7H12N2O4S. The van der Waals surface area contributed by atoms with E-state index in [1.54, 1.807) is 0 Å². The lowest BCUT2D eigenvalue weighted by molar-refractivity contribution is -0.140. The van der Waals surface area contributed by atoms with Crippen molar-refractivity contribution in [2.45, 2.75) is 0 Å². The zero-order chi connectivity index (χ0) is 10.8. The maximum absolute atomic E-state index is 11.2. The number of rotatable bonds is 3. The zero-order valence-electron chi connectivity index (χ0n) is 7.82. The monoisotopic (exact) mass is 220 g/mol. The molecule has 0 spiro atoms. The first-order chi connectivity index (χ1) is 6.38. The molecule has 0 saturated carbocycles. The number of piperazine rings is 1. The van der Waals surface area contributed by atoms with E-state index in [2.05, 4.69) is 5.32 Å². The minimum atomic E-state index is -3.09. The normalized spacial score (nSPS) is 18.2. The van der Waals surface area contributed by atoms with Crippen LogP contribution in [0.15, 0.2) is 0 Å². The van der Waals surface area contributed by atoms with E-state index in [1.807, 2.05) is 0 Å². The highest BCUT2D eigenvalue weighted by molar-refractivity contribution is 7.90. The SMILES string of the molecule is CS(=O)(=O)CCN1CC(=O)NCC1=O. The Hall–Kier alpha value is -1.11. The van der Waals surface area contributed by atoms with Crippen molar-refractivity contribution in [2.75, 3.05) is 31.6 Å². The number of nitrogens with zero attached hydrogens (tertiary/aromatic N) is 1. The van der Waals surface area contributed by atoms with E-state index in [9.17, 15) is 18.0 Å². The van der Waals surface area contributed by atoms with Crippen LogP contribution in [-0.2, 0) is 19.4 Å². The van der Waals surface area contributed by atoms with Crippen LogP contribution in [0.2, 0.25) is 0 Å². The van der Waals surface area contributed by atoms with Gasteiger partial charge in [0.15, 0.2) is 0 Å². The molecule has 1 saturated heterocycles. The van der Waals surface area contributed by atoms with Gasteiger partial charge < -0.3 is 10.2 Å². The number of carbonyl (C=O) groups is 2. The number of nitrogens with one attached hydrogen (secondary N) is 1. The molecule has 0 bridgehead atoms. The van der Waals surface area contributed by atoms with E-state index in [1.165, 1.54) is 4.90 Å². The van der Waals surface area contributed by atoms with Crippen LogP contribution in [0.25, 0.3) is 0 Å². The predicted molar refractivity (Wildman–Crippen MR) is 49.3 cm³/mol. The van der Waals surface area contributed by atoms with Gasteiger partial charge >= 0.3 is 0 Å². The molecule has 0 aliphatic carbocycles. The Morgan fingerprint density at radius 2 is 2.07 bits per heavy atom. The third-order valence-corrected chi connectivity index (χ3v) is 2.78. The molecule has 1 N–H and O–H groups in total. The van der Waals surface area contributed by atoms with E-state index >= 15 is 0 Å². The number of carbonyl (C=O) groups excluding carboxylic acids is 2. The highest BCUT2D eigenvalue weighted by Gasteiger charge is 2.23. The Bertz CT molecular complexity index is 349. The maximum atomic E-state index is 11.2. The van der Waals surface area contributed by atoms with E-state index < -0.39 is 9.84 Å². The van der Waals surface area contributed by atoms with Gasteiger partial charge in [0.1, 0.15) is 9.84 Å². The van der Waals surface area contributed by atoms with Gasteiger partial charge in [0.05, 0.1) is 18.8 Å². The second kappa shape index (κ2) is 3.95. The van der Waals surface area contributed by atoms with Crippen LogP contribution >= 0.6 is 0 Å². The van der Waals surface area contributed by atoms with Gasteiger partial charge in [-0.1, -0.05) is 0 Å². The third kappa shape index (κ3) is 3.33. The molecule has 1 fully saturated rings. The molecule has 80 valence electrons. The molecule has 1 aliphatic heterocycles. The van der Waals surface area contributed by atoms with Crippen molar-refractivity contribution < 1.29 is 18.0 Å². The van der Waals surface area contributed by atoms with Crippen molar-refractivity contribution in [1.82, 2.24) is 10.2 Å². The predicted octanol–water partition coefficient (Wildman–Crippen LogP) is -2.01. The smallest absolute Gasteiger partial charge is 0.242 e. The molecule has 0 unspecified atom stereocenters. The largest absolute Gasteiger partial charge is 0.345 e. The minimum Gasteiger partial charge on any atom is -0.345 e. The Morgan fingerprint density at radius 1 is 1.43 bits per heavy atom. The van der Waals surface area contributed by atoms with Gasteiger partial charge in [0, 0.05) is 12.8 Å². The number of amides is 2. The highest BCUT2D eigenvalue weighted by Crippen LogP contribution is 1.96. The Balaban J connectivity index is 2.50. The average molecular weight is 220 g/mol. The molecule has 6 nitrogen and oxygen atoms in total. The lowest BCUT2D eigenvalue weighted by atomic mass is 10.3. The molecule has 7 heteroatoms. The fraction of sp³-hybridized carbons (Fsp3) is 0.714. The lowest BCUT2D eigenvalue weighted by Crippen LogP contribution is -2.52. The molecule has 0 aromatic rings. The topological polar surface area (TPSA) is 83.6 Å². The van der Waals surface area contributed by atoms with Gasteiger partial charge in [-0.2, -0.15) is 0 Å². The number of hydrogen-bond donors (Lipinski definition) is 1. The van der Waals surface area contributed by atoms with Crippen molar-refractivity contribution in [3.05, 3.63) is 0 Å². The molecule has 1 aliphatic rings. The van der Waals surface area contributed by atoms with E-state index in [-0.39, 0.29) is 37.2 Å². The van der Waals surface area contributed by atoms with Crippen LogP contribution in [0, 0.1) is 0 Å². The number of sulfone groups is 1. The molecule has 0 atom stereocenters. The van der Waals surface area contributed by atoms with Crippen molar-refractivity contribution in [2.24, 2.45) is 0 Å². The van der Waals surface area contributed by atoms with Crippen molar-refractivity contribution >= 4 is 21.7 Å². The molecule has 0 aromatic carbocycles. The van der Waals surface area contributed by atoms with Gasteiger partial charge in [-0.3, -0.25) is 9.59 Å². The first kappa shape index (κ1) is 11.0. The highest BCUT2D eigenvalue weighted by atomic mass is 32.2. The van der Waals surface area contributed by atoms with Crippen molar-refractivity contribution in [3.8, 4) is 0 Å². The molecule has 0 radical (unpaired) electrons. The summed E-state index contributed by atoms with van der Waals surface area (Å²) in [5, 5.41) is 2.38. The van der Waals surface area contributed by atoms with Crippen molar-refractivity contribution in [1.29, 1.82) is 0 Å². The summed E-state index contributed by atoms with van der Waals surface area (Å²) in [4.78, 5) is 23.3. The van der Waals surface area contributed by atoms with E-state index in [0.717, 1.165) is 6.26 Å². The lowest BCUT2D eigenvalue weighted by Gasteiger charge is -2.26. The quantitative estimate of drug-likeness (QED) is 0.595. The van der Waals surface area contributed by atoms with Gasteiger partial charge in [0.25, 0.3) is 0 Å². The second-order valence-electron chi connectivity index (χ2n) is 3.22. The van der Waals surface area contributed by atoms with E-state index in [0.29, 0.717) is 0 Å². The molecule has 1 rings (SSSR count). The third-order valence-electron chi connectivity index (χ3n) is 1.86. The standard InChI is InChI=1S/C7H12N2O4S/c1-14(12,13)3-2-9-5-6(10)8-4-7(9)11/h2-5H2,1H3,(H,8,10). The molecule has 2 amide bonds. The van der Waals surface area contributed by atoms with Gasteiger partial charge in [-0.25, -0.2) is 8.42 Å². The van der Waals surface area contributed by atoms with Gasteiger partial charge in [-0.15, -0.1) is 0 Å². The van der Waals surface area contributed by atoms with Gasteiger partial charge in [-0.05, 0) is 0 Å². The second-order valence-corrected chi connectivity index (χ2v) is 5.48. The maximum Gasteiger partial charge on any atom is 0.242 e. The van der Waals surface area contributed by atoms with Crippen LogP contribution in [0.3, 0.4) is 0 Å². The summed E-state index contributed by atoms with van der Waals surface area (Å²) < 4.78 is 21.6. The first-order valence-corrected chi connectivity index (χ1v) is 6.17. The van der Waals surface area contributed by atoms with Crippen LogP contribution in [0.5, 0.6) is 0 Å². The fourth-order valence-electron chi connectivity index (χ4n) is 1.08. The Labute approximate surface area is 82.2 Å². The zero-order valence-corrected chi connectivity index (χ0v) is 8.63. The number of hydrogen-bond acceptors (Lipinski definition) is 4. The summed E-state index contributed by atoms with van der Waals surface area (Å²) in [6.45, 7) is 0.00202. The van der Waals surface area contributed by atoms with Crippen LogP contribution in [0.1, 0.15) is 0 Å². The summed E-state index contributed by atoms with van der Waals surface area (Å²) in [7, 11) is -3.09. The van der Waals surface area contributed by atoms with Crippen LogP contribution in [0.4, 0.5) is 0 Å². The molecular weight excluding hydrogens is 208 g/mol. The van der Waals surface area contributed by atoms with Crippen LogP contribution < -0.4 is 5.32 Å². The van der Waals surface area contributed by atoms with Crippen molar-refractivity contribution in [3.63, 3.8) is 0 Å². The average Bonchev–Trinajstić information content (AvgIpc) is 2.05. The molecule has 0 aromatic heterocycles. The van der Waals surface area contributed by atoms with Gasteiger partial charge in [0.2, 0.25) is 11.8 Å². The minimum absolute atomic E-state index is 0.0391. The molecule has 1 heterocycles. The van der Waals surface area contributed by atoms with E-state index in [4.69, 9.17) is 0 Å². The summed E-state index contributed by atoms with van der Waals surface area (Å²) >= 11 is 0. The molecule has 14 heavy (non-hydrogen) atoms. The fourth-order valence-corrected chi connectivity index (χ4v) is 1.64. The van der Waals surface area contributed by atoms with Crippen LogP contribution in [-0.4, -0.2) is 56.8 Å². The summed E-state index contributed by atoms with van der Waals surface area (Å²) in [5.41, 5.74) is 0. The first-order valence-electron chi connectivity index (χ1n) is 4.11. The summed E-state index contributed by atoms with van der Waals surface area (Å²) in [6, 6.07) is 0. The Kier molecular flexibility index (Phi) is 3.10. The Morgan fingerprint density at radius 3 is 2.64 bits per heavy atom. The summed E-state index contributed by atoms with van der Waals surface area (Å²) in [5.74, 6) is -0.599.